The van der Waals surface area contributed by atoms with Gasteiger partial charge in [-0.25, -0.2) is 0 Å². The quantitative estimate of drug-likeness (QED) is 0.145. The van der Waals surface area contributed by atoms with Crippen LogP contribution in [0.15, 0.2) is 176 Å². The smallest absolute Gasteiger partial charge is 0.0541 e. The molecule has 0 aliphatic heterocycles. The molecule has 224 valence electrons. The van der Waals surface area contributed by atoms with Gasteiger partial charge in [0.15, 0.2) is 0 Å². The first kappa shape index (κ1) is 28.2. The minimum Gasteiger partial charge on any atom is -0.399 e. The molecular formula is C44H33N3. The van der Waals surface area contributed by atoms with E-state index < -0.39 is 0 Å². The number of hydrogen-bond donors (Lipinski definition) is 1. The van der Waals surface area contributed by atoms with Crippen LogP contribution < -0.4 is 10.6 Å². The summed E-state index contributed by atoms with van der Waals surface area (Å²) in [7, 11) is 0. The summed E-state index contributed by atoms with van der Waals surface area (Å²) in [6.45, 7) is 0. The molecule has 0 amide bonds. The van der Waals surface area contributed by atoms with E-state index in [-0.39, 0.29) is 0 Å². The molecule has 1 aromatic heterocycles. The Kier molecular flexibility index (Phi) is 7.33. The van der Waals surface area contributed by atoms with Gasteiger partial charge in [0.1, 0.15) is 0 Å². The first-order valence-electron chi connectivity index (χ1n) is 15.9. The predicted molar refractivity (Wildman–Crippen MR) is 201 cm³/mol. The molecule has 0 aliphatic rings. The second kappa shape index (κ2) is 12.2. The molecule has 1 heterocycles. The lowest BCUT2D eigenvalue weighted by Crippen LogP contribution is -2.10. The third-order valence-corrected chi connectivity index (χ3v) is 8.73. The Morgan fingerprint density at radius 1 is 0.468 bits per heavy atom. The fraction of sp³-hybridized carbons (Fsp3) is 0. The van der Waals surface area contributed by atoms with Crippen LogP contribution in [0.4, 0.5) is 22.7 Å². The minimum atomic E-state index is 0.762. The van der Waals surface area contributed by atoms with Gasteiger partial charge in [-0.2, -0.15) is 0 Å². The first-order chi connectivity index (χ1) is 23.2. The lowest BCUT2D eigenvalue weighted by Gasteiger charge is -2.26. The molecule has 0 bridgehead atoms. The van der Waals surface area contributed by atoms with Gasteiger partial charge in [-0.3, -0.25) is 0 Å². The van der Waals surface area contributed by atoms with Crippen LogP contribution >= 0.6 is 0 Å². The number of fused-ring (bicyclic) bond motifs is 3. The minimum absolute atomic E-state index is 0.762. The summed E-state index contributed by atoms with van der Waals surface area (Å²) in [6.07, 6.45) is 4.34. The molecule has 3 heteroatoms. The highest BCUT2D eigenvalue weighted by Crippen LogP contribution is 2.39. The van der Waals surface area contributed by atoms with Crippen molar-refractivity contribution in [3.63, 3.8) is 0 Å². The van der Waals surface area contributed by atoms with Crippen LogP contribution in [0.5, 0.6) is 0 Å². The SMILES string of the molecule is Nc1ccc(C=Cc2ccc(N(c3ccccc3)c3ccccc3)cc2-c2ccc(-n3c4ccccc4c4ccccc43)cc2)cc1. The largest absolute Gasteiger partial charge is 0.399 e. The van der Waals surface area contributed by atoms with Gasteiger partial charge < -0.3 is 15.2 Å². The van der Waals surface area contributed by atoms with E-state index in [1.54, 1.807) is 0 Å². The van der Waals surface area contributed by atoms with Crippen molar-refractivity contribution in [3.8, 4) is 16.8 Å². The van der Waals surface area contributed by atoms with Crippen molar-refractivity contribution < 1.29 is 0 Å². The molecule has 2 N–H and O–H groups in total. The zero-order chi connectivity index (χ0) is 31.6. The molecule has 0 spiro atoms. The predicted octanol–water partition coefficient (Wildman–Crippen LogP) is 11.7. The van der Waals surface area contributed by atoms with Gasteiger partial charge in [-0.05, 0) is 95.1 Å². The van der Waals surface area contributed by atoms with Crippen LogP contribution in [0.1, 0.15) is 11.1 Å². The van der Waals surface area contributed by atoms with Crippen LogP contribution in [0.3, 0.4) is 0 Å². The topological polar surface area (TPSA) is 34.2 Å². The van der Waals surface area contributed by atoms with E-state index in [9.17, 15) is 0 Å². The molecule has 0 fully saturated rings. The second-order valence-electron chi connectivity index (χ2n) is 11.7. The van der Waals surface area contributed by atoms with Gasteiger partial charge in [0.05, 0.1) is 11.0 Å². The Morgan fingerprint density at radius 3 is 1.62 bits per heavy atom. The van der Waals surface area contributed by atoms with Gasteiger partial charge in [0.25, 0.3) is 0 Å². The molecule has 3 nitrogen and oxygen atoms in total. The van der Waals surface area contributed by atoms with Crippen LogP contribution in [0.2, 0.25) is 0 Å². The van der Waals surface area contributed by atoms with E-state index in [0.29, 0.717) is 0 Å². The summed E-state index contributed by atoms with van der Waals surface area (Å²) in [6, 6.07) is 62.0. The van der Waals surface area contributed by atoms with Gasteiger partial charge >= 0.3 is 0 Å². The zero-order valence-corrected chi connectivity index (χ0v) is 25.9. The van der Waals surface area contributed by atoms with Gasteiger partial charge in [0, 0.05) is 39.2 Å². The van der Waals surface area contributed by atoms with Crippen molar-refractivity contribution in [2.24, 2.45) is 0 Å². The lowest BCUT2D eigenvalue weighted by molar-refractivity contribution is 1.18. The summed E-state index contributed by atoms with van der Waals surface area (Å²) in [5, 5.41) is 2.52. The monoisotopic (exact) mass is 603 g/mol. The molecule has 7 aromatic carbocycles. The Balaban J connectivity index is 1.27. The number of nitrogens with two attached hydrogens (primary N) is 1. The third kappa shape index (κ3) is 5.45. The molecule has 0 unspecified atom stereocenters. The molecule has 8 aromatic rings. The van der Waals surface area contributed by atoms with Crippen molar-refractivity contribution in [2.75, 3.05) is 10.6 Å². The van der Waals surface area contributed by atoms with Gasteiger partial charge in [-0.1, -0.05) is 115 Å². The van der Waals surface area contributed by atoms with Crippen LogP contribution in [0, 0.1) is 0 Å². The van der Waals surface area contributed by atoms with Crippen LogP contribution in [-0.4, -0.2) is 4.57 Å². The molecule has 0 atom stereocenters. The summed E-state index contributed by atoms with van der Waals surface area (Å²) in [5.74, 6) is 0. The maximum Gasteiger partial charge on any atom is 0.0541 e. The molecule has 47 heavy (non-hydrogen) atoms. The highest BCUT2D eigenvalue weighted by Gasteiger charge is 2.16. The van der Waals surface area contributed by atoms with E-state index >= 15 is 0 Å². The molecule has 0 aliphatic carbocycles. The fourth-order valence-corrected chi connectivity index (χ4v) is 6.46. The number of rotatable bonds is 7. The Morgan fingerprint density at radius 2 is 1.02 bits per heavy atom. The van der Waals surface area contributed by atoms with Crippen LogP contribution in [0.25, 0.3) is 50.8 Å². The van der Waals surface area contributed by atoms with Gasteiger partial charge in [-0.15, -0.1) is 0 Å². The maximum absolute atomic E-state index is 5.95. The lowest BCUT2D eigenvalue weighted by atomic mass is 9.97. The van der Waals surface area contributed by atoms with Crippen molar-refractivity contribution >= 4 is 56.7 Å². The number of benzene rings is 7. The standard InChI is InChI=1S/C44H33N3/c45-35-26-20-32(21-27-35)19-22-33-25-30-39(46(36-11-3-1-4-12-36)37-13-5-2-6-14-37)31-42(33)34-23-28-38(29-24-34)47-43-17-9-7-15-40(43)41-16-8-10-18-44(41)47/h1-31H,45H2. The number of para-hydroxylation sites is 4. The van der Waals surface area contributed by atoms with E-state index in [1.165, 1.54) is 21.8 Å². The molecule has 0 saturated heterocycles. The van der Waals surface area contributed by atoms with Crippen molar-refractivity contribution in [3.05, 3.63) is 187 Å². The van der Waals surface area contributed by atoms with Crippen molar-refractivity contribution in [1.82, 2.24) is 4.57 Å². The van der Waals surface area contributed by atoms with E-state index in [2.05, 4.69) is 173 Å². The average molecular weight is 604 g/mol. The molecule has 8 rings (SSSR count). The zero-order valence-electron chi connectivity index (χ0n) is 25.9. The maximum atomic E-state index is 5.95. The van der Waals surface area contributed by atoms with Gasteiger partial charge in [0.2, 0.25) is 0 Å². The normalized spacial score (nSPS) is 11.4. The van der Waals surface area contributed by atoms with E-state index in [0.717, 1.165) is 50.7 Å². The molecule has 0 radical (unpaired) electrons. The van der Waals surface area contributed by atoms with E-state index in [4.69, 9.17) is 5.73 Å². The van der Waals surface area contributed by atoms with Crippen molar-refractivity contribution in [1.29, 1.82) is 0 Å². The Hall–Kier alpha value is -6.32. The number of aromatic nitrogens is 1. The average Bonchev–Trinajstić information content (AvgIpc) is 3.47. The highest BCUT2D eigenvalue weighted by molar-refractivity contribution is 6.09. The van der Waals surface area contributed by atoms with Crippen LogP contribution in [-0.2, 0) is 0 Å². The number of nitrogens with zero attached hydrogens (tertiary/aromatic N) is 2. The molecule has 0 saturated carbocycles. The third-order valence-electron chi connectivity index (χ3n) is 8.73. The van der Waals surface area contributed by atoms with E-state index in [1.807, 2.05) is 24.3 Å². The number of nitrogen functional groups attached to an aromatic ring is 1. The summed E-state index contributed by atoms with van der Waals surface area (Å²) in [4.78, 5) is 2.31. The summed E-state index contributed by atoms with van der Waals surface area (Å²) in [5.41, 5.74) is 18.1. The summed E-state index contributed by atoms with van der Waals surface area (Å²) >= 11 is 0. The second-order valence-corrected chi connectivity index (χ2v) is 11.7. The first-order valence-corrected chi connectivity index (χ1v) is 15.9. The fourth-order valence-electron chi connectivity index (χ4n) is 6.46. The molecular weight excluding hydrogens is 571 g/mol. The Bertz CT molecular complexity index is 2240. The summed E-state index contributed by atoms with van der Waals surface area (Å²) < 4.78 is 2.36. The number of anilines is 4. The highest BCUT2D eigenvalue weighted by atomic mass is 15.1. The Labute approximate surface area is 275 Å². The van der Waals surface area contributed by atoms with Crippen molar-refractivity contribution in [2.45, 2.75) is 0 Å². The number of hydrogen-bond acceptors (Lipinski definition) is 2.